The number of aryl methyl sites for hydroxylation is 3. The Balaban J connectivity index is 2.01. The van der Waals surface area contributed by atoms with Crippen molar-refractivity contribution in [2.45, 2.75) is 27.4 Å². The number of rotatable bonds is 4. The molecule has 3 aromatic carbocycles. The van der Waals surface area contributed by atoms with Crippen LogP contribution in [0, 0.1) is 20.8 Å². The summed E-state index contributed by atoms with van der Waals surface area (Å²) < 4.78 is 11.1. The average molecular weight is 334 g/mol. The van der Waals surface area contributed by atoms with Gasteiger partial charge in [-0.15, -0.1) is 0 Å². The molecule has 3 rings (SSSR count). The molecule has 0 heterocycles. The third kappa shape index (κ3) is 3.36. The molecular weight excluding hydrogens is 312 g/mol. The monoisotopic (exact) mass is 334 g/mol. The molecule has 0 spiro atoms. The van der Waals surface area contributed by atoms with Gasteiger partial charge < -0.3 is 9.47 Å². The van der Waals surface area contributed by atoms with Crippen LogP contribution in [0.5, 0.6) is 5.75 Å². The molecule has 3 aromatic rings. The Hall–Kier alpha value is -2.81. The summed E-state index contributed by atoms with van der Waals surface area (Å²) in [5, 5.41) is 1.89. The van der Waals surface area contributed by atoms with Crippen molar-refractivity contribution < 1.29 is 14.3 Å². The van der Waals surface area contributed by atoms with E-state index in [1.807, 2.05) is 50.2 Å². The first kappa shape index (κ1) is 17.0. The smallest absolute Gasteiger partial charge is 0.338 e. The zero-order valence-corrected chi connectivity index (χ0v) is 15.1. The summed E-state index contributed by atoms with van der Waals surface area (Å²) in [5.41, 5.74) is 4.80. The van der Waals surface area contributed by atoms with Gasteiger partial charge in [0.2, 0.25) is 0 Å². The number of fused-ring (bicyclic) bond motifs is 1. The Kier molecular flexibility index (Phi) is 4.75. The molecule has 128 valence electrons. The molecule has 25 heavy (non-hydrogen) atoms. The summed E-state index contributed by atoms with van der Waals surface area (Å²) in [7, 11) is 1.41. The molecular formula is C22H22O3. The van der Waals surface area contributed by atoms with Gasteiger partial charge >= 0.3 is 5.97 Å². The highest BCUT2D eigenvalue weighted by atomic mass is 16.5. The van der Waals surface area contributed by atoms with Crippen molar-refractivity contribution in [1.82, 2.24) is 0 Å². The first-order valence-electron chi connectivity index (χ1n) is 8.31. The zero-order chi connectivity index (χ0) is 18.0. The summed E-state index contributed by atoms with van der Waals surface area (Å²) in [6.45, 7) is 6.47. The van der Waals surface area contributed by atoms with Crippen molar-refractivity contribution in [3.05, 3.63) is 76.3 Å². The predicted octanol–water partition coefficient (Wildman–Crippen LogP) is 5.13. The number of ether oxygens (including phenoxy) is 2. The van der Waals surface area contributed by atoms with Crippen molar-refractivity contribution in [3.8, 4) is 5.75 Å². The third-order valence-corrected chi connectivity index (χ3v) is 4.38. The van der Waals surface area contributed by atoms with E-state index >= 15 is 0 Å². The Bertz CT molecular complexity index is 918. The number of esters is 1. The lowest BCUT2D eigenvalue weighted by atomic mass is 9.99. The Morgan fingerprint density at radius 3 is 2.32 bits per heavy atom. The van der Waals surface area contributed by atoms with E-state index in [1.54, 1.807) is 0 Å². The van der Waals surface area contributed by atoms with Crippen molar-refractivity contribution in [3.63, 3.8) is 0 Å². The van der Waals surface area contributed by atoms with Gasteiger partial charge in [-0.05, 0) is 42.7 Å². The van der Waals surface area contributed by atoms with Crippen LogP contribution in [-0.2, 0) is 11.3 Å². The number of hydrogen-bond acceptors (Lipinski definition) is 3. The van der Waals surface area contributed by atoms with Crippen molar-refractivity contribution in [1.29, 1.82) is 0 Å². The SMILES string of the molecule is COC(=O)c1c(COc2c(C)cc(C)cc2C)ccc2ccccc12. The second kappa shape index (κ2) is 6.98. The van der Waals surface area contributed by atoms with Crippen LogP contribution < -0.4 is 4.74 Å². The molecule has 0 aliphatic rings. The lowest BCUT2D eigenvalue weighted by molar-refractivity contribution is 0.0600. The fraction of sp³-hybridized carbons (Fsp3) is 0.227. The Morgan fingerprint density at radius 2 is 1.64 bits per heavy atom. The van der Waals surface area contributed by atoms with Crippen LogP contribution in [0.3, 0.4) is 0 Å². The van der Waals surface area contributed by atoms with Crippen molar-refractivity contribution in [2.24, 2.45) is 0 Å². The fourth-order valence-corrected chi connectivity index (χ4v) is 3.32. The second-order valence-corrected chi connectivity index (χ2v) is 6.33. The third-order valence-electron chi connectivity index (χ3n) is 4.38. The van der Waals surface area contributed by atoms with E-state index in [9.17, 15) is 4.79 Å². The van der Waals surface area contributed by atoms with Gasteiger partial charge in [0, 0.05) is 5.56 Å². The molecule has 0 aliphatic heterocycles. The molecule has 0 amide bonds. The van der Waals surface area contributed by atoms with E-state index in [2.05, 4.69) is 19.1 Å². The van der Waals surface area contributed by atoms with E-state index < -0.39 is 0 Å². The fourth-order valence-electron chi connectivity index (χ4n) is 3.32. The lowest BCUT2D eigenvalue weighted by Gasteiger charge is -2.16. The largest absolute Gasteiger partial charge is 0.488 e. The standard InChI is InChI=1S/C22H22O3/c1-14-11-15(2)21(16(3)12-14)25-13-18-10-9-17-7-5-6-8-19(17)20(18)22(23)24-4/h5-12H,13H2,1-4H3. The van der Waals surface area contributed by atoms with E-state index in [-0.39, 0.29) is 5.97 Å². The van der Waals surface area contributed by atoms with Crippen LogP contribution in [0.4, 0.5) is 0 Å². The number of hydrogen-bond donors (Lipinski definition) is 0. The summed E-state index contributed by atoms with van der Waals surface area (Å²) >= 11 is 0. The van der Waals surface area contributed by atoms with E-state index in [4.69, 9.17) is 9.47 Å². The number of carbonyl (C=O) groups excluding carboxylic acids is 1. The molecule has 0 radical (unpaired) electrons. The second-order valence-electron chi connectivity index (χ2n) is 6.33. The Labute approximate surface area is 148 Å². The molecule has 3 heteroatoms. The topological polar surface area (TPSA) is 35.5 Å². The van der Waals surface area contributed by atoms with Crippen LogP contribution in [-0.4, -0.2) is 13.1 Å². The summed E-state index contributed by atoms with van der Waals surface area (Å²) in [6, 6.07) is 16.0. The van der Waals surface area contributed by atoms with Crippen molar-refractivity contribution in [2.75, 3.05) is 7.11 Å². The summed E-state index contributed by atoms with van der Waals surface area (Å²) in [4.78, 5) is 12.4. The summed E-state index contributed by atoms with van der Waals surface area (Å²) in [6.07, 6.45) is 0. The average Bonchev–Trinajstić information content (AvgIpc) is 2.59. The van der Waals surface area contributed by atoms with E-state index in [0.29, 0.717) is 12.2 Å². The van der Waals surface area contributed by atoms with Gasteiger partial charge in [0.25, 0.3) is 0 Å². The zero-order valence-electron chi connectivity index (χ0n) is 15.1. The molecule has 0 atom stereocenters. The maximum absolute atomic E-state index is 12.4. The number of benzene rings is 3. The van der Waals surface area contributed by atoms with Crippen LogP contribution in [0.15, 0.2) is 48.5 Å². The normalized spacial score (nSPS) is 10.7. The van der Waals surface area contributed by atoms with Gasteiger partial charge in [0.05, 0.1) is 12.7 Å². The van der Waals surface area contributed by atoms with Crippen LogP contribution in [0.2, 0.25) is 0 Å². The highest BCUT2D eigenvalue weighted by molar-refractivity contribution is 6.05. The minimum atomic E-state index is -0.340. The van der Waals surface area contributed by atoms with E-state index in [0.717, 1.165) is 33.2 Å². The molecule has 0 aromatic heterocycles. The van der Waals surface area contributed by atoms with Crippen LogP contribution in [0.25, 0.3) is 10.8 Å². The molecule has 0 unspecified atom stereocenters. The molecule has 0 fully saturated rings. The molecule has 0 N–H and O–H groups in total. The predicted molar refractivity (Wildman–Crippen MR) is 100 cm³/mol. The molecule has 0 saturated heterocycles. The maximum atomic E-state index is 12.4. The first-order chi connectivity index (χ1) is 12.0. The van der Waals surface area contributed by atoms with Gasteiger partial charge in [-0.25, -0.2) is 4.79 Å². The van der Waals surface area contributed by atoms with Crippen LogP contribution >= 0.6 is 0 Å². The van der Waals surface area contributed by atoms with Crippen LogP contribution in [0.1, 0.15) is 32.6 Å². The minimum absolute atomic E-state index is 0.319. The van der Waals surface area contributed by atoms with Gasteiger partial charge in [0.1, 0.15) is 12.4 Å². The quantitative estimate of drug-likeness (QED) is 0.620. The first-order valence-corrected chi connectivity index (χ1v) is 8.31. The van der Waals surface area contributed by atoms with Gasteiger partial charge in [-0.1, -0.05) is 54.1 Å². The Morgan fingerprint density at radius 1 is 0.960 bits per heavy atom. The molecule has 0 bridgehead atoms. The molecule has 0 aliphatic carbocycles. The van der Waals surface area contributed by atoms with Gasteiger partial charge in [0.15, 0.2) is 0 Å². The maximum Gasteiger partial charge on any atom is 0.338 e. The minimum Gasteiger partial charge on any atom is -0.488 e. The number of methoxy groups -OCH3 is 1. The van der Waals surface area contributed by atoms with Crippen molar-refractivity contribution >= 4 is 16.7 Å². The summed E-state index contributed by atoms with van der Waals surface area (Å²) in [5.74, 6) is 0.530. The molecule has 0 saturated carbocycles. The highest BCUT2D eigenvalue weighted by Gasteiger charge is 2.17. The van der Waals surface area contributed by atoms with Gasteiger partial charge in [-0.3, -0.25) is 0 Å². The lowest BCUT2D eigenvalue weighted by Crippen LogP contribution is -2.09. The van der Waals surface area contributed by atoms with E-state index in [1.165, 1.54) is 12.7 Å². The highest BCUT2D eigenvalue weighted by Crippen LogP contribution is 2.28. The van der Waals surface area contributed by atoms with Gasteiger partial charge in [-0.2, -0.15) is 0 Å². The number of carbonyl (C=O) groups is 1. The molecule has 3 nitrogen and oxygen atoms in total.